The second kappa shape index (κ2) is 5.51. The minimum absolute atomic E-state index is 0.0360. The van der Waals surface area contributed by atoms with E-state index in [0.29, 0.717) is 0 Å². The third kappa shape index (κ3) is 4.41. The molecule has 1 aromatic rings. The molecule has 0 fully saturated rings. The zero-order chi connectivity index (χ0) is 14.6. The summed E-state index contributed by atoms with van der Waals surface area (Å²) in [4.78, 5) is 25.5. The van der Waals surface area contributed by atoms with Crippen LogP contribution < -0.4 is 10.1 Å². The fourth-order valence-corrected chi connectivity index (χ4v) is 1.20. The van der Waals surface area contributed by atoms with E-state index in [0.717, 1.165) is 6.20 Å². The third-order valence-electron chi connectivity index (χ3n) is 1.90. The molecule has 0 spiro atoms. The highest BCUT2D eigenvalue weighted by Crippen LogP contribution is 2.27. The SMILES string of the molecule is COc1cc(NC(=O)OC(C)(C)C)c([N+](=O)[O-])cn1. The fraction of sp³-hybridized carbons (Fsp3) is 0.455. The summed E-state index contributed by atoms with van der Waals surface area (Å²) in [6.07, 6.45) is 0.217. The Morgan fingerprint density at radius 3 is 2.58 bits per heavy atom. The van der Waals surface area contributed by atoms with Gasteiger partial charge in [-0.05, 0) is 20.8 Å². The van der Waals surface area contributed by atoms with Gasteiger partial charge in [-0.25, -0.2) is 9.78 Å². The number of rotatable bonds is 3. The maximum atomic E-state index is 11.6. The van der Waals surface area contributed by atoms with Crippen LogP contribution in [0.4, 0.5) is 16.2 Å². The average Bonchev–Trinajstić information content (AvgIpc) is 2.25. The standard InChI is InChI=1S/C11H15N3O5/c1-11(2,3)19-10(15)13-7-5-9(18-4)12-6-8(7)14(16)17/h5-6H,1-4H3,(H,12,13,15). The van der Waals surface area contributed by atoms with Crippen LogP contribution in [0.1, 0.15) is 20.8 Å². The largest absolute Gasteiger partial charge is 0.481 e. The van der Waals surface area contributed by atoms with Crippen LogP contribution in [0.2, 0.25) is 0 Å². The molecule has 1 heterocycles. The van der Waals surface area contributed by atoms with Gasteiger partial charge < -0.3 is 9.47 Å². The molecule has 0 atom stereocenters. The summed E-state index contributed by atoms with van der Waals surface area (Å²) in [7, 11) is 1.37. The molecule has 0 aliphatic heterocycles. The number of anilines is 1. The Hall–Kier alpha value is -2.38. The Bertz CT molecular complexity index is 496. The van der Waals surface area contributed by atoms with Crippen LogP contribution in [-0.4, -0.2) is 28.7 Å². The molecule has 0 saturated carbocycles. The Kier molecular flexibility index (Phi) is 4.26. The van der Waals surface area contributed by atoms with Crippen LogP contribution >= 0.6 is 0 Å². The second-order valence-corrected chi connectivity index (χ2v) is 4.63. The van der Waals surface area contributed by atoms with E-state index in [4.69, 9.17) is 9.47 Å². The summed E-state index contributed by atoms with van der Waals surface area (Å²) in [6, 6.07) is 1.25. The van der Waals surface area contributed by atoms with Gasteiger partial charge in [0.2, 0.25) is 5.88 Å². The smallest absolute Gasteiger partial charge is 0.412 e. The molecule has 1 N–H and O–H groups in total. The molecule has 19 heavy (non-hydrogen) atoms. The first-order chi connectivity index (χ1) is 8.73. The number of carbonyl (C=O) groups is 1. The van der Waals surface area contributed by atoms with Crippen molar-refractivity contribution in [2.75, 3.05) is 12.4 Å². The number of aromatic nitrogens is 1. The number of nitrogens with zero attached hydrogens (tertiary/aromatic N) is 2. The summed E-state index contributed by atoms with van der Waals surface area (Å²) >= 11 is 0. The summed E-state index contributed by atoms with van der Waals surface area (Å²) in [6.45, 7) is 5.07. The van der Waals surface area contributed by atoms with Gasteiger partial charge in [-0.1, -0.05) is 0 Å². The number of nitro groups is 1. The third-order valence-corrected chi connectivity index (χ3v) is 1.90. The van der Waals surface area contributed by atoms with Crippen LogP contribution in [-0.2, 0) is 4.74 Å². The van der Waals surface area contributed by atoms with E-state index in [1.54, 1.807) is 20.8 Å². The highest BCUT2D eigenvalue weighted by Gasteiger charge is 2.21. The Morgan fingerprint density at radius 2 is 2.11 bits per heavy atom. The minimum Gasteiger partial charge on any atom is -0.481 e. The van der Waals surface area contributed by atoms with Crippen molar-refractivity contribution in [3.63, 3.8) is 0 Å². The maximum Gasteiger partial charge on any atom is 0.412 e. The van der Waals surface area contributed by atoms with Crippen molar-refractivity contribution < 1.29 is 19.2 Å². The molecule has 0 saturated heterocycles. The van der Waals surface area contributed by atoms with Gasteiger partial charge in [0.1, 0.15) is 17.5 Å². The molecule has 0 aromatic carbocycles. The first-order valence-electron chi connectivity index (χ1n) is 5.41. The molecule has 1 aromatic heterocycles. The lowest BCUT2D eigenvalue weighted by molar-refractivity contribution is -0.384. The summed E-state index contributed by atoms with van der Waals surface area (Å²) in [5, 5.41) is 13.1. The van der Waals surface area contributed by atoms with E-state index >= 15 is 0 Å². The number of hydrogen-bond acceptors (Lipinski definition) is 6. The van der Waals surface area contributed by atoms with Gasteiger partial charge in [-0.2, -0.15) is 0 Å². The molecule has 8 nitrogen and oxygen atoms in total. The molecule has 0 bridgehead atoms. The predicted octanol–water partition coefficient (Wildman–Crippen LogP) is 2.35. The lowest BCUT2D eigenvalue weighted by Crippen LogP contribution is -2.27. The number of amides is 1. The molecule has 0 aliphatic carbocycles. The number of ether oxygens (including phenoxy) is 2. The van der Waals surface area contributed by atoms with E-state index in [2.05, 4.69) is 10.3 Å². The van der Waals surface area contributed by atoms with Gasteiger partial charge in [0.05, 0.1) is 12.0 Å². The quantitative estimate of drug-likeness (QED) is 0.667. The molecule has 104 valence electrons. The van der Waals surface area contributed by atoms with Gasteiger partial charge in [0.15, 0.2) is 0 Å². The monoisotopic (exact) mass is 269 g/mol. The van der Waals surface area contributed by atoms with Crippen LogP contribution in [0.15, 0.2) is 12.3 Å². The number of methoxy groups -OCH3 is 1. The van der Waals surface area contributed by atoms with Gasteiger partial charge in [-0.3, -0.25) is 15.4 Å². The van der Waals surface area contributed by atoms with Crippen molar-refractivity contribution in [2.24, 2.45) is 0 Å². The van der Waals surface area contributed by atoms with Crippen LogP contribution in [0.3, 0.4) is 0 Å². The Balaban J connectivity index is 2.98. The van der Waals surface area contributed by atoms with E-state index in [-0.39, 0.29) is 17.3 Å². The van der Waals surface area contributed by atoms with E-state index < -0.39 is 16.6 Å². The second-order valence-electron chi connectivity index (χ2n) is 4.63. The number of hydrogen-bond donors (Lipinski definition) is 1. The molecule has 0 unspecified atom stereocenters. The first kappa shape index (κ1) is 14.7. The normalized spacial score (nSPS) is 10.7. The first-order valence-corrected chi connectivity index (χ1v) is 5.41. The van der Waals surface area contributed by atoms with E-state index in [9.17, 15) is 14.9 Å². The van der Waals surface area contributed by atoms with E-state index in [1.165, 1.54) is 13.2 Å². The van der Waals surface area contributed by atoms with Gasteiger partial charge in [-0.15, -0.1) is 0 Å². The average molecular weight is 269 g/mol. The number of carbonyl (C=O) groups excluding carboxylic acids is 1. The lowest BCUT2D eigenvalue weighted by atomic mass is 10.2. The summed E-state index contributed by atoms with van der Waals surface area (Å²) < 4.78 is 9.86. The molecular weight excluding hydrogens is 254 g/mol. The topological polar surface area (TPSA) is 104 Å². The Morgan fingerprint density at radius 1 is 1.47 bits per heavy atom. The summed E-state index contributed by atoms with van der Waals surface area (Å²) in [5.74, 6) is 0.150. The van der Waals surface area contributed by atoms with Crippen molar-refractivity contribution in [1.29, 1.82) is 0 Å². The fourth-order valence-electron chi connectivity index (χ4n) is 1.20. The summed E-state index contributed by atoms with van der Waals surface area (Å²) in [5.41, 5.74) is -1.08. The zero-order valence-corrected chi connectivity index (χ0v) is 11.1. The van der Waals surface area contributed by atoms with Crippen LogP contribution in [0.25, 0.3) is 0 Å². The molecule has 0 aliphatic rings. The maximum absolute atomic E-state index is 11.6. The molecule has 0 radical (unpaired) electrons. The molecule has 1 rings (SSSR count). The van der Waals surface area contributed by atoms with Crippen molar-refractivity contribution in [1.82, 2.24) is 4.98 Å². The van der Waals surface area contributed by atoms with Crippen molar-refractivity contribution in [3.8, 4) is 5.88 Å². The molecular formula is C11H15N3O5. The predicted molar refractivity (Wildman–Crippen MR) is 67.3 cm³/mol. The Labute approximate surface area is 109 Å². The lowest BCUT2D eigenvalue weighted by Gasteiger charge is -2.19. The van der Waals surface area contributed by atoms with Crippen molar-refractivity contribution in [2.45, 2.75) is 26.4 Å². The van der Waals surface area contributed by atoms with Gasteiger partial charge in [0, 0.05) is 6.07 Å². The highest BCUT2D eigenvalue weighted by atomic mass is 16.6. The van der Waals surface area contributed by atoms with Crippen LogP contribution in [0.5, 0.6) is 5.88 Å². The zero-order valence-electron chi connectivity index (χ0n) is 11.1. The molecule has 1 amide bonds. The van der Waals surface area contributed by atoms with Crippen molar-refractivity contribution >= 4 is 17.5 Å². The van der Waals surface area contributed by atoms with Crippen LogP contribution in [0, 0.1) is 10.1 Å². The number of nitrogens with one attached hydrogen (secondary N) is 1. The molecule has 8 heteroatoms. The minimum atomic E-state index is -0.788. The van der Waals surface area contributed by atoms with Gasteiger partial charge in [0.25, 0.3) is 0 Å². The number of pyridine rings is 1. The van der Waals surface area contributed by atoms with E-state index in [1.807, 2.05) is 0 Å². The van der Waals surface area contributed by atoms with Crippen molar-refractivity contribution in [3.05, 3.63) is 22.4 Å². The highest BCUT2D eigenvalue weighted by molar-refractivity contribution is 5.88. The van der Waals surface area contributed by atoms with Gasteiger partial charge >= 0.3 is 11.8 Å².